The quantitative estimate of drug-likeness (QED) is 0.796. The van der Waals surface area contributed by atoms with Crippen LogP contribution in [0.2, 0.25) is 0 Å². The molecule has 138 valence electrons. The monoisotopic (exact) mass is 366 g/mol. The maximum atomic E-state index is 13.7. The van der Waals surface area contributed by atoms with E-state index in [9.17, 15) is 18.0 Å². The number of carbonyl (C=O) groups is 1. The van der Waals surface area contributed by atoms with Crippen LogP contribution in [0.3, 0.4) is 0 Å². The summed E-state index contributed by atoms with van der Waals surface area (Å²) in [6.07, 6.45) is 2.03. The number of anilines is 2. The summed E-state index contributed by atoms with van der Waals surface area (Å²) in [5.74, 6) is -4.47. The summed E-state index contributed by atoms with van der Waals surface area (Å²) < 4.78 is 45.4. The van der Waals surface area contributed by atoms with Crippen molar-refractivity contribution in [3.8, 4) is 0 Å². The fourth-order valence-electron chi connectivity index (χ4n) is 2.61. The number of halogens is 3. The third-order valence-corrected chi connectivity index (χ3v) is 3.89. The average molecular weight is 366 g/mol. The predicted molar refractivity (Wildman–Crippen MR) is 88.5 cm³/mol. The highest BCUT2D eigenvalue weighted by Crippen LogP contribution is 2.20. The van der Waals surface area contributed by atoms with Gasteiger partial charge in [0.25, 0.3) is 5.91 Å². The van der Waals surface area contributed by atoms with Gasteiger partial charge in [0.05, 0.1) is 11.8 Å². The number of amides is 1. The van der Waals surface area contributed by atoms with E-state index in [1.807, 2.05) is 0 Å². The molecule has 3 rings (SSSR count). The highest BCUT2D eigenvalue weighted by atomic mass is 19.2. The number of hydrogen-bond donors (Lipinski definition) is 2. The number of benzene rings is 1. The van der Waals surface area contributed by atoms with Crippen LogP contribution in [0.25, 0.3) is 0 Å². The lowest BCUT2D eigenvalue weighted by Gasteiger charge is -2.12. The Kier molecular flexibility index (Phi) is 5.36. The summed E-state index contributed by atoms with van der Waals surface area (Å²) in [5, 5.41) is 5.26. The third kappa shape index (κ3) is 4.10. The molecule has 1 aromatic carbocycles. The number of ether oxygens (including phenoxy) is 1. The molecule has 9 heteroatoms. The predicted octanol–water partition coefficient (Wildman–Crippen LogP) is 3.05. The lowest BCUT2D eigenvalue weighted by molar-refractivity contribution is 0.102. The van der Waals surface area contributed by atoms with Crippen LogP contribution in [0, 0.1) is 24.4 Å². The molecule has 2 aromatic rings. The first kappa shape index (κ1) is 18.1. The normalized spacial score (nSPS) is 16.5. The van der Waals surface area contributed by atoms with Gasteiger partial charge in [-0.15, -0.1) is 0 Å². The molecule has 6 nitrogen and oxygen atoms in total. The van der Waals surface area contributed by atoms with Gasteiger partial charge in [-0.1, -0.05) is 0 Å². The summed E-state index contributed by atoms with van der Waals surface area (Å²) in [6.45, 7) is 2.87. The molecule has 26 heavy (non-hydrogen) atoms. The molecule has 1 amide bonds. The van der Waals surface area contributed by atoms with Gasteiger partial charge in [-0.3, -0.25) is 4.79 Å². The molecule has 0 saturated carbocycles. The van der Waals surface area contributed by atoms with Crippen molar-refractivity contribution in [3.05, 3.63) is 47.2 Å². The van der Waals surface area contributed by atoms with Crippen LogP contribution in [0.5, 0.6) is 0 Å². The molecule has 2 N–H and O–H groups in total. The van der Waals surface area contributed by atoms with Crippen LogP contribution in [0.4, 0.5) is 24.7 Å². The minimum Gasteiger partial charge on any atom is -0.376 e. The fourth-order valence-corrected chi connectivity index (χ4v) is 2.61. The summed E-state index contributed by atoms with van der Waals surface area (Å²) in [4.78, 5) is 20.5. The molecule has 0 spiro atoms. The number of nitrogens with one attached hydrogen (secondary N) is 2. The van der Waals surface area contributed by atoms with Gasteiger partial charge >= 0.3 is 0 Å². The minimum atomic E-state index is -1.65. The van der Waals surface area contributed by atoms with Crippen molar-refractivity contribution in [1.82, 2.24) is 9.97 Å². The van der Waals surface area contributed by atoms with Crippen molar-refractivity contribution in [2.24, 2.45) is 0 Å². The van der Waals surface area contributed by atoms with Crippen molar-refractivity contribution < 1.29 is 22.7 Å². The van der Waals surface area contributed by atoms with E-state index in [2.05, 4.69) is 20.6 Å². The SMILES string of the molecule is Cc1nc(NCC2CCCO2)cc(C(=O)Nc2ccc(F)c(F)c2F)n1. The van der Waals surface area contributed by atoms with E-state index in [0.717, 1.165) is 31.6 Å². The largest absolute Gasteiger partial charge is 0.376 e. The molecular formula is C17H17F3N4O2. The number of aromatic nitrogens is 2. The van der Waals surface area contributed by atoms with Crippen molar-refractivity contribution in [1.29, 1.82) is 0 Å². The van der Waals surface area contributed by atoms with Gasteiger partial charge in [0.15, 0.2) is 17.5 Å². The molecule has 1 unspecified atom stereocenters. The van der Waals surface area contributed by atoms with E-state index >= 15 is 0 Å². The first-order valence-corrected chi connectivity index (χ1v) is 8.10. The van der Waals surface area contributed by atoms with Gasteiger partial charge in [-0.05, 0) is 31.9 Å². The Morgan fingerprint density at radius 1 is 1.27 bits per heavy atom. The van der Waals surface area contributed by atoms with Crippen LogP contribution in [-0.2, 0) is 4.74 Å². The summed E-state index contributed by atoms with van der Waals surface area (Å²) in [6, 6.07) is 3.07. The van der Waals surface area contributed by atoms with Gasteiger partial charge in [-0.2, -0.15) is 0 Å². The maximum absolute atomic E-state index is 13.7. The first-order valence-electron chi connectivity index (χ1n) is 8.10. The molecule has 1 fully saturated rings. The Labute approximate surface area is 147 Å². The average Bonchev–Trinajstić information content (AvgIpc) is 3.13. The maximum Gasteiger partial charge on any atom is 0.274 e. The van der Waals surface area contributed by atoms with Crippen LogP contribution in [-0.4, -0.2) is 35.1 Å². The molecule has 1 saturated heterocycles. The molecule has 1 aliphatic heterocycles. The van der Waals surface area contributed by atoms with Crippen molar-refractivity contribution in [3.63, 3.8) is 0 Å². The summed E-state index contributed by atoms with van der Waals surface area (Å²) in [7, 11) is 0. The van der Waals surface area contributed by atoms with Crippen molar-refractivity contribution in [2.45, 2.75) is 25.9 Å². The zero-order valence-electron chi connectivity index (χ0n) is 14.0. The van der Waals surface area contributed by atoms with Crippen LogP contribution >= 0.6 is 0 Å². The molecule has 0 radical (unpaired) electrons. The molecule has 0 aliphatic carbocycles. The van der Waals surface area contributed by atoms with Gasteiger partial charge < -0.3 is 15.4 Å². The lowest BCUT2D eigenvalue weighted by Crippen LogP contribution is -2.21. The van der Waals surface area contributed by atoms with E-state index < -0.39 is 29.0 Å². The first-order chi connectivity index (χ1) is 12.4. The van der Waals surface area contributed by atoms with Crippen molar-refractivity contribution >= 4 is 17.4 Å². The number of carbonyl (C=O) groups excluding carboxylic acids is 1. The number of hydrogen-bond acceptors (Lipinski definition) is 5. The lowest BCUT2D eigenvalue weighted by atomic mass is 10.2. The second-order valence-corrected chi connectivity index (χ2v) is 5.88. The van der Waals surface area contributed by atoms with E-state index in [1.165, 1.54) is 6.07 Å². The molecule has 1 aliphatic rings. The highest BCUT2D eigenvalue weighted by Gasteiger charge is 2.19. The Bertz CT molecular complexity index is 826. The van der Waals surface area contributed by atoms with Gasteiger partial charge in [0, 0.05) is 19.2 Å². The molecule has 1 atom stereocenters. The highest BCUT2D eigenvalue weighted by molar-refractivity contribution is 6.03. The Balaban J connectivity index is 1.73. The van der Waals surface area contributed by atoms with Crippen LogP contribution in [0.15, 0.2) is 18.2 Å². The number of aryl methyl sites for hydroxylation is 1. The standard InChI is InChI=1S/C17H17F3N4O2/c1-9-22-13(7-14(23-9)21-8-10-3-2-6-26-10)17(25)24-12-5-4-11(18)15(19)16(12)20/h4-5,7,10H,2-3,6,8H2,1H3,(H,24,25)(H,21,22,23). The molecule has 2 heterocycles. The van der Waals surface area contributed by atoms with Crippen molar-refractivity contribution in [2.75, 3.05) is 23.8 Å². The minimum absolute atomic E-state index is 0.0310. The van der Waals surface area contributed by atoms with Gasteiger partial charge in [0.1, 0.15) is 17.3 Å². The van der Waals surface area contributed by atoms with E-state index in [-0.39, 0.29) is 11.8 Å². The smallest absolute Gasteiger partial charge is 0.274 e. The van der Waals surface area contributed by atoms with Crippen LogP contribution < -0.4 is 10.6 Å². The zero-order valence-corrected chi connectivity index (χ0v) is 14.0. The topological polar surface area (TPSA) is 76.1 Å². The van der Waals surface area contributed by atoms with Gasteiger partial charge in [-0.25, -0.2) is 23.1 Å². The summed E-state index contributed by atoms with van der Waals surface area (Å²) >= 11 is 0. The van der Waals surface area contributed by atoms with E-state index in [1.54, 1.807) is 6.92 Å². The number of rotatable bonds is 5. The Morgan fingerprint density at radius 2 is 2.08 bits per heavy atom. The second-order valence-electron chi connectivity index (χ2n) is 5.88. The summed E-state index contributed by atoms with van der Waals surface area (Å²) in [5.41, 5.74) is -0.504. The van der Waals surface area contributed by atoms with E-state index in [0.29, 0.717) is 18.2 Å². The number of nitrogens with zero attached hydrogens (tertiary/aromatic N) is 2. The molecule has 0 bridgehead atoms. The van der Waals surface area contributed by atoms with Crippen LogP contribution in [0.1, 0.15) is 29.2 Å². The Morgan fingerprint density at radius 3 is 2.81 bits per heavy atom. The third-order valence-electron chi connectivity index (χ3n) is 3.89. The second kappa shape index (κ2) is 7.69. The Hall–Kier alpha value is -2.68. The fraction of sp³-hybridized carbons (Fsp3) is 0.353. The molecule has 1 aromatic heterocycles. The molecular weight excluding hydrogens is 349 g/mol. The zero-order chi connectivity index (χ0) is 18.7. The van der Waals surface area contributed by atoms with E-state index in [4.69, 9.17) is 4.74 Å². The van der Waals surface area contributed by atoms with Gasteiger partial charge in [0.2, 0.25) is 0 Å².